The van der Waals surface area contributed by atoms with Gasteiger partial charge in [0.2, 0.25) is 0 Å². The van der Waals surface area contributed by atoms with E-state index in [9.17, 15) is 0 Å². The summed E-state index contributed by atoms with van der Waals surface area (Å²) in [6.07, 6.45) is 3.59. The van der Waals surface area contributed by atoms with E-state index in [0.29, 0.717) is 0 Å². The average Bonchev–Trinajstić information content (AvgIpc) is 2.70. The second-order valence-electron chi connectivity index (χ2n) is 6.68. The molecule has 5 heteroatoms. The minimum atomic E-state index is 0.750. The van der Waals surface area contributed by atoms with Gasteiger partial charge in [-0.05, 0) is 24.6 Å². The highest BCUT2D eigenvalue weighted by atomic mass is 15.3. The molecule has 0 unspecified atom stereocenters. The predicted octanol–water partition coefficient (Wildman–Crippen LogP) is 3.17. The number of pyridine rings is 1. The molecule has 0 aliphatic carbocycles. The van der Waals surface area contributed by atoms with Crippen molar-refractivity contribution in [3.63, 3.8) is 0 Å². The van der Waals surface area contributed by atoms with Crippen LogP contribution < -0.4 is 4.90 Å². The molecule has 132 valence electrons. The fraction of sp³-hybridized carbons (Fsp3) is 0.286. The Morgan fingerprint density at radius 2 is 1.73 bits per heavy atom. The predicted molar refractivity (Wildman–Crippen MR) is 104 cm³/mol. The van der Waals surface area contributed by atoms with Gasteiger partial charge in [-0.1, -0.05) is 30.3 Å². The largest absolute Gasteiger partial charge is 0.354 e. The van der Waals surface area contributed by atoms with E-state index in [-0.39, 0.29) is 0 Å². The Morgan fingerprint density at radius 1 is 0.923 bits per heavy atom. The molecule has 1 saturated heterocycles. The van der Waals surface area contributed by atoms with Crippen LogP contribution in [0.1, 0.15) is 11.3 Å². The lowest BCUT2D eigenvalue weighted by Crippen LogP contribution is -2.46. The van der Waals surface area contributed by atoms with E-state index in [1.54, 1.807) is 6.20 Å². The first kappa shape index (κ1) is 16.7. The van der Waals surface area contributed by atoms with Gasteiger partial charge in [0.15, 0.2) is 5.82 Å². The molecular weight excluding hydrogens is 322 g/mol. The Kier molecular flexibility index (Phi) is 4.88. The third kappa shape index (κ3) is 3.89. The van der Waals surface area contributed by atoms with Gasteiger partial charge in [0.05, 0.1) is 0 Å². The number of hydrogen-bond acceptors (Lipinski definition) is 5. The quantitative estimate of drug-likeness (QED) is 0.727. The summed E-state index contributed by atoms with van der Waals surface area (Å²) in [5.74, 6) is 1.76. The summed E-state index contributed by atoms with van der Waals surface area (Å²) in [5, 5.41) is 0. The van der Waals surface area contributed by atoms with Crippen molar-refractivity contribution in [3.05, 3.63) is 72.2 Å². The summed E-state index contributed by atoms with van der Waals surface area (Å²) in [4.78, 5) is 18.4. The number of nitrogens with zero attached hydrogens (tertiary/aromatic N) is 5. The molecule has 5 nitrogen and oxygen atoms in total. The standard InChI is InChI=1S/C21H23N5/c1-17-14-20(24-21(23-17)19-8-5-9-22-15-19)26-12-10-25(11-13-26)16-18-6-3-2-4-7-18/h2-9,14-15H,10-13,16H2,1H3. The van der Waals surface area contributed by atoms with Crippen molar-refractivity contribution in [2.45, 2.75) is 13.5 Å². The van der Waals surface area contributed by atoms with Crippen LogP contribution in [-0.2, 0) is 6.54 Å². The summed E-state index contributed by atoms with van der Waals surface area (Å²) >= 11 is 0. The van der Waals surface area contributed by atoms with Crippen LogP contribution in [0.4, 0.5) is 5.82 Å². The molecule has 1 fully saturated rings. The van der Waals surface area contributed by atoms with E-state index in [1.807, 2.05) is 25.3 Å². The highest BCUT2D eigenvalue weighted by Gasteiger charge is 2.19. The van der Waals surface area contributed by atoms with Gasteiger partial charge in [0, 0.05) is 62.4 Å². The van der Waals surface area contributed by atoms with Crippen molar-refractivity contribution in [3.8, 4) is 11.4 Å². The molecule has 0 atom stereocenters. The molecule has 4 rings (SSSR count). The van der Waals surface area contributed by atoms with Crippen LogP contribution in [0, 0.1) is 6.92 Å². The van der Waals surface area contributed by atoms with Crippen molar-refractivity contribution >= 4 is 5.82 Å². The Bertz CT molecular complexity index is 843. The first-order valence-electron chi connectivity index (χ1n) is 9.05. The van der Waals surface area contributed by atoms with Crippen LogP contribution in [0.2, 0.25) is 0 Å². The average molecular weight is 345 g/mol. The van der Waals surface area contributed by atoms with Crippen molar-refractivity contribution < 1.29 is 0 Å². The molecule has 0 saturated carbocycles. The lowest BCUT2D eigenvalue weighted by atomic mass is 10.2. The zero-order chi connectivity index (χ0) is 17.8. The zero-order valence-electron chi connectivity index (χ0n) is 15.0. The Balaban J connectivity index is 1.45. The van der Waals surface area contributed by atoms with E-state index in [1.165, 1.54) is 5.56 Å². The van der Waals surface area contributed by atoms with Crippen LogP contribution >= 0.6 is 0 Å². The van der Waals surface area contributed by atoms with E-state index < -0.39 is 0 Å². The third-order valence-corrected chi connectivity index (χ3v) is 4.71. The summed E-state index contributed by atoms with van der Waals surface area (Å²) in [5.41, 5.74) is 3.32. The van der Waals surface area contributed by atoms with Gasteiger partial charge in [-0.3, -0.25) is 9.88 Å². The van der Waals surface area contributed by atoms with Crippen molar-refractivity contribution in [1.82, 2.24) is 19.9 Å². The van der Waals surface area contributed by atoms with Gasteiger partial charge in [-0.25, -0.2) is 9.97 Å². The van der Waals surface area contributed by atoms with Gasteiger partial charge < -0.3 is 4.90 Å². The van der Waals surface area contributed by atoms with Crippen LogP contribution in [-0.4, -0.2) is 46.0 Å². The van der Waals surface area contributed by atoms with E-state index in [4.69, 9.17) is 4.98 Å². The molecule has 3 heterocycles. The third-order valence-electron chi connectivity index (χ3n) is 4.71. The highest BCUT2D eigenvalue weighted by Crippen LogP contribution is 2.21. The maximum absolute atomic E-state index is 4.79. The Morgan fingerprint density at radius 3 is 2.46 bits per heavy atom. The SMILES string of the molecule is Cc1cc(N2CCN(Cc3ccccc3)CC2)nc(-c2cccnc2)n1. The number of aryl methyl sites for hydroxylation is 1. The number of benzene rings is 1. The van der Waals surface area contributed by atoms with E-state index >= 15 is 0 Å². The number of hydrogen-bond donors (Lipinski definition) is 0. The number of piperazine rings is 1. The molecule has 2 aromatic heterocycles. The minimum Gasteiger partial charge on any atom is -0.354 e. The molecule has 26 heavy (non-hydrogen) atoms. The van der Waals surface area contributed by atoms with Gasteiger partial charge in [0.1, 0.15) is 5.82 Å². The number of anilines is 1. The molecule has 0 bridgehead atoms. The topological polar surface area (TPSA) is 45.2 Å². The normalized spacial score (nSPS) is 15.2. The molecule has 1 aliphatic rings. The first-order valence-corrected chi connectivity index (χ1v) is 9.05. The minimum absolute atomic E-state index is 0.750. The summed E-state index contributed by atoms with van der Waals surface area (Å²) in [7, 11) is 0. The molecule has 0 spiro atoms. The fourth-order valence-electron chi connectivity index (χ4n) is 3.31. The van der Waals surface area contributed by atoms with Gasteiger partial charge in [0.25, 0.3) is 0 Å². The van der Waals surface area contributed by atoms with Crippen molar-refractivity contribution in [1.29, 1.82) is 0 Å². The molecule has 1 aromatic carbocycles. The molecule has 1 aliphatic heterocycles. The zero-order valence-corrected chi connectivity index (χ0v) is 15.0. The van der Waals surface area contributed by atoms with Crippen LogP contribution in [0.15, 0.2) is 60.9 Å². The van der Waals surface area contributed by atoms with Gasteiger partial charge in [-0.2, -0.15) is 0 Å². The van der Waals surface area contributed by atoms with E-state index in [0.717, 1.165) is 55.6 Å². The second kappa shape index (κ2) is 7.62. The second-order valence-corrected chi connectivity index (χ2v) is 6.68. The lowest BCUT2D eigenvalue weighted by molar-refractivity contribution is 0.249. The molecule has 3 aromatic rings. The van der Waals surface area contributed by atoms with Gasteiger partial charge >= 0.3 is 0 Å². The molecular formula is C21H23N5. The van der Waals surface area contributed by atoms with Crippen molar-refractivity contribution in [2.24, 2.45) is 0 Å². The first-order chi connectivity index (χ1) is 12.8. The number of aromatic nitrogens is 3. The lowest BCUT2D eigenvalue weighted by Gasteiger charge is -2.35. The number of rotatable bonds is 4. The maximum Gasteiger partial charge on any atom is 0.163 e. The smallest absolute Gasteiger partial charge is 0.163 e. The molecule has 0 N–H and O–H groups in total. The van der Waals surface area contributed by atoms with Crippen LogP contribution in [0.3, 0.4) is 0 Å². The Labute approximate surface area is 154 Å². The molecule has 0 radical (unpaired) electrons. The molecule has 0 amide bonds. The van der Waals surface area contributed by atoms with Crippen LogP contribution in [0.5, 0.6) is 0 Å². The monoisotopic (exact) mass is 345 g/mol. The fourth-order valence-corrected chi connectivity index (χ4v) is 3.31. The summed E-state index contributed by atoms with van der Waals surface area (Å²) in [6, 6.07) is 16.7. The summed E-state index contributed by atoms with van der Waals surface area (Å²) < 4.78 is 0. The maximum atomic E-state index is 4.79. The highest BCUT2D eigenvalue weighted by molar-refractivity contribution is 5.56. The van der Waals surface area contributed by atoms with Gasteiger partial charge in [-0.15, -0.1) is 0 Å². The van der Waals surface area contributed by atoms with E-state index in [2.05, 4.69) is 56.2 Å². The summed E-state index contributed by atoms with van der Waals surface area (Å²) in [6.45, 7) is 7.08. The van der Waals surface area contributed by atoms with Crippen molar-refractivity contribution in [2.75, 3.05) is 31.1 Å². The van der Waals surface area contributed by atoms with Crippen LogP contribution in [0.25, 0.3) is 11.4 Å². The Hall–Kier alpha value is -2.79.